The van der Waals surface area contributed by atoms with E-state index in [-0.39, 0.29) is 5.91 Å². The molecule has 2 N–H and O–H groups in total. The van der Waals surface area contributed by atoms with E-state index < -0.39 is 0 Å². The lowest BCUT2D eigenvalue weighted by Crippen LogP contribution is -2.15. The Balaban J connectivity index is 2.69. The first-order valence-electron chi connectivity index (χ1n) is 6.43. The van der Waals surface area contributed by atoms with Gasteiger partial charge in [-0.2, -0.15) is 0 Å². The van der Waals surface area contributed by atoms with Crippen molar-refractivity contribution < 1.29 is 4.79 Å². The summed E-state index contributed by atoms with van der Waals surface area (Å²) in [5.41, 5.74) is 0.806. The number of carbonyl (C=O) groups excluding carboxylic acids is 1. The fraction of sp³-hybridized carbons (Fsp3) is 0.500. The molecular formula is C14H21ClN2OS. The summed E-state index contributed by atoms with van der Waals surface area (Å²) in [6.45, 7) is 5.09. The van der Waals surface area contributed by atoms with Crippen LogP contribution in [0.5, 0.6) is 0 Å². The second kappa shape index (κ2) is 8.46. The first-order valence-corrected chi connectivity index (χ1v) is 7.69. The molecule has 0 aliphatic rings. The molecule has 1 rings (SSSR count). The van der Waals surface area contributed by atoms with E-state index >= 15 is 0 Å². The van der Waals surface area contributed by atoms with Crippen LogP contribution < -0.4 is 10.6 Å². The molecule has 0 unspecified atom stereocenters. The molecule has 0 spiro atoms. The van der Waals surface area contributed by atoms with Crippen molar-refractivity contribution in [3.63, 3.8) is 0 Å². The van der Waals surface area contributed by atoms with Crippen LogP contribution in [0.15, 0.2) is 23.1 Å². The van der Waals surface area contributed by atoms with Crippen molar-refractivity contribution in [2.75, 3.05) is 18.9 Å². The number of benzene rings is 1. The summed E-state index contributed by atoms with van der Waals surface area (Å²) in [6.07, 6.45) is 1.34. The standard InChI is InChI=1S/C14H21ClN2OS/c1-10(2)19-13-7-6-11(15)9-12(13)17-14(18)5-4-8-16-3/h6-7,9-10,16H,4-5,8H2,1-3H3,(H,17,18). The monoisotopic (exact) mass is 300 g/mol. The average Bonchev–Trinajstić information content (AvgIpc) is 2.32. The predicted molar refractivity (Wildman–Crippen MR) is 84.2 cm³/mol. The highest BCUT2D eigenvalue weighted by Crippen LogP contribution is 2.32. The highest BCUT2D eigenvalue weighted by molar-refractivity contribution is 8.00. The molecule has 106 valence electrons. The Morgan fingerprint density at radius 3 is 2.79 bits per heavy atom. The van der Waals surface area contributed by atoms with Crippen LogP contribution in [0.1, 0.15) is 26.7 Å². The average molecular weight is 301 g/mol. The zero-order chi connectivity index (χ0) is 14.3. The lowest BCUT2D eigenvalue weighted by Gasteiger charge is -2.13. The lowest BCUT2D eigenvalue weighted by atomic mass is 10.2. The van der Waals surface area contributed by atoms with E-state index in [9.17, 15) is 4.79 Å². The van der Waals surface area contributed by atoms with Crippen LogP contribution in [-0.4, -0.2) is 24.7 Å². The van der Waals surface area contributed by atoms with Crippen LogP contribution in [0, 0.1) is 0 Å². The predicted octanol–water partition coefficient (Wildman–Crippen LogP) is 3.78. The van der Waals surface area contributed by atoms with E-state index in [2.05, 4.69) is 24.5 Å². The molecule has 1 aromatic rings. The molecule has 0 heterocycles. The molecule has 19 heavy (non-hydrogen) atoms. The molecule has 1 amide bonds. The Hall–Kier alpha value is -0.710. The maximum atomic E-state index is 11.8. The summed E-state index contributed by atoms with van der Waals surface area (Å²) in [4.78, 5) is 12.9. The van der Waals surface area contributed by atoms with E-state index in [1.165, 1.54) is 0 Å². The normalized spacial score (nSPS) is 10.8. The van der Waals surface area contributed by atoms with E-state index in [1.54, 1.807) is 11.8 Å². The number of thioether (sulfide) groups is 1. The van der Waals surface area contributed by atoms with Crippen molar-refractivity contribution >= 4 is 35.0 Å². The Kier molecular flexibility index (Phi) is 7.28. The van der Waals surface area contributed by atoms with Crippen molar-refractivity contribution in [3.8, 4) is 0 Å². The van der Waals surface area contributed by atoms with Crippen LogP contribution in [-0.2, 0) is 4.79 Å². The third-order valence-corrected chi connectivity index (χ3v) is 3.73. The summed E-state index contributed by atoms with van der Waals surface area (Å²) < 4.78 is 0. The number of carbonyl (C=O) groups is 1. The van der Waals surface area contributed by atoms with Crippen molar-refractivity contribution in [1.29, 1.82) is 0 Å². The van der Waals surface area contributed by atoms with Gasteiger partial charge in [0.2, 0.25) is 5.91 Å². The minimum Gasteiger partial charge on any atom is -0.325 e. The number of amides is 1. The molecule has 0 aliphatic carbocycles. The molecule has 0 saturated heterocycles. The highest BCUT2D eigenvalue weighted by atomic mass is 35.5. The molecule has 0 bridgehead atoms. The Bertz CT molecular complexity index is 424. The minimum atomic E-state index is 0.0307. The van der Waals surface area contributed by atoms with Gasteiger partial charge in [0.1, 0.15) is 0 Å². The number of nitrogens with one attached hydrogen (secondary N) is 2. The molecule has 0 saturated carbocycles. The molecule has 5 heteroatoms. The van der Waals surface area contributed by atoms with Gasteiger partial charge in [-0.25, -0.2) is 0 Å². The van der Waals surface area contributed by atoms with Gasteiger partial charge in [0, 0.05) is 21.6 Å². The highest BCUT2D eigenvalue weighted by Gasteiger charge is 2.09. The van der Waals surface area contributed by atoms with Gasteiger partial charge in [0.25, 0.3) is 0 Å². The third kappa shape index (κ3) is 6.32. The Labute approximate surface area is 124 Å². The molecule has 0 fully saturated rings. The summed E-state index contributed by atoms with van der Waals surface area (Å²) in [5.74, 6) is 0.0307. The van der Waals surface area contributed by atoms with E-state index in [0.29, 0.717) is 16.7 Å². The van der Waals surface area contributed by atoms with E-state index in [0.717, 1.165) is 23.5 Å². The zero-order valence-corrected chi connectivity index (χ0v) is 13.2. The van der Waals surface area contributed by atoms with Gasteiger partial charge in [-0.3, -0.25) is 4.79 Å². The largest absolute Gasteiger partial charge is 0.325 e. The van der Waals surface area contributed by atoms with Gasteiger partial charge < -0.3 is 10.6 Å². The number of hydrogen-bond donors (Lipinski definition) is 2. The van der Waals surface area contributed by atoms with Gasteiger partial charge in [-0.15, -0.1) is 11.8 Å². The van der Waals surface area contributed by atoms with E-state index in [4.69, 9.17) is 11.6 Å². The van der Waals surface area contributed by atoms with Gasteiger partial charge >= 0.3 is 0 Å². The number of rotatable bonds is 7. The summed E-state index contributed by atoms with van der Waals surface area (Å²) in [5, 5.41) is 7.07. The number of anilines is 1. The fourth-order valence-electron chi connectivity index (χ4n) is 1.60. The molecule has 0 aromatic heterocycles. The topological polar surface area (TPSA) is 41.1 Å². The SMILES string of the molecule is CNCCCC(=O)Nc1cc(Cl)ccc1SC(C)C. The third-order valence-electron chi connectivity index (χ3n) is 2.41. The van der Waals surface area contributed by atoms with Crippen molar-refractivity contribution in [3.05, 3.63) is 23.2 Å². The van der Waals surface area contributed by atoms with Crippen LogP contribution in [0.2, 0.25) is 5.02 Å². The van der Waals surface area contributed by atoms with E-state index in [1.807, 2.05) is 25.2 Å². The molecule has 3 nitrogen and oxygen atoms in total. The first-order chi connectivity index (χ1) is 9.02. The van der Waals surface area contributed by atoms with Gasteiger partial charge in [0.05, 0.1) is 5.69 Å². The van der Waals surface area contributed by atoms with Crippen molar-refractivity contribution in [2.45, 2.75) is 36.8 Å². The van der Waals surface area contributed by atoms with Crippen LogP contribution in [0.4, 0.5) is 5.69 Å². The lowest BCUT2D eigenvalue weighted by molar-refractivity contribution is -0.116. The Morgan fingerprint density at radius 1 is 1.42 bits per heavy atom. The smallest absolute Gasteiger partial charge is 0.224 e. The van der Waals surface area contributed by atoms with Crippen molar-refractivity contribution in [1.82, 2.24) is 5.32 Å². The molecule has 0 atom stereocenters. The Morgan fingerprint density at radius 2 is 2.16 bits per heavy atom. The second-order valence-electron chi connectivity index (χ2n) is 4.56. The van der Waals surface area contributed by atoms with Crippen LogP contribution >= 0.6 is 23.4 Å². The summed E-state index contributed by atoms with van der Waals surface area (Å²) >= 11 is 7.71. The second-order valence-corrected chi connectivity index (χ2v) is 6.62. The van der Waals surface area contributed by atoms with Gasteiger partial charge in [0.15, 0.2) is 0 Å². The van der Waals surface area contributed by atoms with Gasteiger partial charge in [-0.1, -0.05) is 25.4 Å². The van der Waals surface area contributed by atoms with Crippen molar-refractivity contribution in [2.24, 2.45) is 0 Å². The molecular weight excluding hydrogens is 280 g/mol. The van der Waals surface area contributed by atoms with Crippen LogP contribution in [0.25, 0.3) is 0 Å². The zero-order valence-electron chi connectivity index (χ0n) is 11.6. The van der Waals surface area contributed by atoms with Crippen LogP contribution in [0.3, 0.4) is 0 Å². The first kappa shape index (κ1) is 16.3. The minimum absolute atomic E-state index is 0.0307. The fourth-order valence-corrected chi connectivity index (χ4v) is 2.66. The maximum Gasteiger partial charge on any atom is 0.224 e. The molecule has 0 aliphatic heterocycles. The molecule has 0 radical (unpaired) electrons. The van der Waals surface area contributed by atoms with Gasteiger partial charge in [-0.05, 0) is 38.2 Å². The quantitative estimate of drug-likeness (QED) is 0.595. The number of halogens is 1. The summed E-state index contributed by atoms with van der Waals surface area (Å²) in [6, 6.07) is 5.61. The molecule has 1 aromatic carbocycles. The summed E-state index contributed by atoms with van der Waals surface area (Å²) in [7, 11) is 1.88. The number of hydrogen-bond acceptors (Lipinski definition) is 3. The maximum absolute atomic E-state index is 11.8.